The Hall–Kier alpha value is -1.17. The molecule has 3 nitrogen and oxygen atoms in total. The Kier molecular flexibility index (Phi) is 5.22. The first kappa shape index (κ1) is 20.1. The molecular formula is C23H34N2OSSi. The molecular weight excluding hydrogens is 380 g/mol. The highest BCUT2D eigenvalue weighted by Crippen LogP contribution is 2.51. The molecule has 2 aliphatic rings. The Bertz CT molecular complexity index is 791. The van der Waals surface area contributed by atoms with Crippen molar-refractivity contribution < 1.29 is 4.43 Å². The second kappa shape index (κ2) is 7.26. The molecule has 0 amide bonds. The molecule has 2 heterocycles. The minimum absolute atomic E-state index is 0.0547. The summed E-state index contributed by atoms with van der Waals surface area (Å²) in [6, 6.07) is 9.72. The Labute approximate surface area is 175 Å². The maximum Gasteiger partial charge on any atom is 0.193 e. The van der Waals surface area contributed by atoms with Crippen LogP contribution in [0.5, 0.6) is 0 Å². The molecule has 2 aromatic rings. The fourth-order valence-electron chi connectivity index (χ4n) is 4.32. The molecule has 1 saturated heterocycles. The Morgan fingerprint density at radius 1 is 1.14 bits per heavy atom. The van der Waals surface area contributed by atoms with Crippen LogP contribution in [-0.4, -0.2) is 19.8 Å². The van der Waals surface area contributed by atoms with Gasteiger partial charge in [-0.25, -0.2) is 4.98 Å². The average Bonchev–Trinajstić information content (AvgIpc) is 3.28. The van der Waals surface area contributed by atoms with E-state index in [4.69, 9.17) is 4.43 Å². The van der Waals surface area contributed by atoms with Gasteiger partial charge in [0.25, 0.3) is 0 Å². The van der Waals surface area contributed by atoms with E-state index in [-0.39, 0.29) is 10.6 Å². The van der Waals surface area contributed by atoms with Gasteiger partial charge in [0.2, 0.25) is 0 Å². The molecule has 1 aromatic heterocycles. The van der Waals surface area contributed by atoms with Gasteiger partial charge in [0.1, 0.15) is 0 Å². The predicted molar refractivity (Wildman–Crippen MR) is 122 cm³/mol. The largest absolute Gasteiger partial charge is 0.407 e. The van der Waals surface area contributed by atoms with Crippen LogP contribution < -0.4 is 4.90 Å². The van der Waals surface area contributed by atoms with E-state index in [9.17, 15) is 0 Å². The van der Waals surface area contributed by atoms with Crippen molar-refractivity contribution in [3.8, 4) is 0 Å². The standard InChI is InChI=1S/C23H34N2OSSi/c1-22(2,3)28(4,5)26-23(13-7-14-23)18-9-11-19(12-10-18)25-15-6-8-21(25)20-16-27-17-24-20/h9-12,16-17,21H,6-8,13-15H2,1-5H3/t21-/m1/s1. The number of aromatic nitrogens is 1. The van der Waals surface area contributed by atoms with Gasteiger partial charge >= 0.3 is 0 Å². The zero-order valence-corrected chi connectivity index (χ0v) is 19.8. The minimum Gasteiger partial charge on any atom is -0.407 e. The number of anilines is 1. The van der Waals surface area contributed by atoms with Crippen LogP contribution >= 0.6 is 11.3 Å². The Morgan fingerprint density at radius 3 is 2.39 bits per heavy atom. The molecule has 4 rings (SSSR count). The maximum absolute atomic E-state index is 6.97. The second-order valence-corrected chi connectivity index (χ2v) is 15.5. The molecule has 28 heavy (non-hydrogen) atoms. The van der Waals surface area contributed by atoms with Crippen molar-refractivity contribution >= 4 is 25.3 Å². The fourth-order valence-corrected chi connectivity index (χ4v) is 6.52. The number of benzene rings is 1. The van der Waals surface area contributed by atoms with Crippen molar-refractivity contribution in [3.63, 3.8) is 0 Å². The zero-order chi connectivity index (χ0) is 20.0. The van der Waals surface area contributed by atoms with Crippen molar-refractivity contribution in [2.24, 2.45) is 0 Å². The van der Waals surface area contributed by atoms with Crippen LogP contribution in [0.2, 0.25) is 18.1 Å². The lowest BCUT2D eigenvalue weighted by Crippen LogP contribution is -2.51. The Balaban J connectivity index is 1.55. The average molecular weight is 415 g/mol. The topological polar surface area (TPSA) is 25.4 Å². The van der Waals surface area contributed by atoms with Crippen LogP contribution in [0, 0.1) is 0 Å². The van der Waals surface area contributed by atoms with Crippen LogP contribution in [0.25, 0.3) is 0 Å². The highest BCUT2D eigenvalue weighted by Gasteiger charge is 2.48. The summed E-state index contributed by atoms with van der Waals surface area (Å²) in [5.74, 6) is 0. The molecule has 1 aliphatic carbocycles. The van der Waals surface area contributed by atoms with Crippen molar-refractivity contribution in [2.45, 2.75) is 82.7 Å². The molecule has 1 aliphatic heterocycles. The van der Waals surface area contributed by atoms with Crippen molar-refractivity contribution in [3.05, 3.63) is 46.4 Å². The van der Waals surface area contributed by atoms with Crippen LogP contribution in [0.3, 0.4) is 0 Å². The van der Waals surface area contributed by atoms with Gasteiger partial charge in [0, 0.05) is 17.6 Å². The molecule has 2 fully saturated rings. The molecule has 0 N–H and O–H groups in total. The third kappa shape index (κ3) is 3.57. The van der Waals surface area contributed by atoms with Gasteiger partial charge in [-0.3, -0.25) is 0 Å². The van der Waals surface area contributed by atoms with Gasteiger partial charge < -0.3 is 9.33 Å². The lowest BCUT2D eigenvalue weighted by molar-refractivity contribution is -0.0252. The van der Waals surface area contributed by atoms with Crippen molar-refractivity contribution in [1.82, 2.24) is 4.98 Å². The summed E-state index contributed by atoms with van der Waals surface area (Å²) in [7, 11) is -1.80. The highest BCUT2D eigenvalue weighted by atomic mass is 32.1. The molecule has 152 valence electrons. The van der Waals surface area contributed by atoms with Crippen LogP contribution in [0.4, 0.5) is 5.69 Å². The van der Waals surface area contributed by atoms with Gasteiger partial charge in [-0.1, -0.05) is 32.9 Å². The third-order valence-electron chi connectivity index (χ3n) is 7.19. The number of nitrogens with zero attached hydrogens (tertiary/aromatic N) is 2. The quantitative estimate of drug-likeness (QED) is 0.498. The first-order valence-electron chi connectivity index (χ1n) is 10.7. The summed E-state index contributed by atoms with van der Waals surface area (Å²) in [6.45, 7) is 12.9. The molecule has 1 aromatic carbocycles. The first-order chi connectivity index (χ1) is 13.2. The van der Waals surface area contributed by atoms with Gasteiger partial charge in [0.05, 0.1) is 22.8 Å². The van der Waals surface area contributed by atoms with Gasteiger partial charge in [-0.2, -0.15) is 0 Å². The molecule has 0 spiro atoms. The lowest BCUT2D eigenvalue weighted by atomic mass is 9.75. The molecule has 0 bridgehead atoms. The molecule has 1 atom stereocenters. The normalized spacial score (nSPS) is 22.3. The summed E-state index contributed by atoms with van der Waals surface area (Å²) >= 11 is 1.70. The van der Waals surface area contributed by atoms with E-state index < -0.39 is 8.32 Å². The minimum atomic E-state index is -1.80. The van der Waals surface area contributed by atoms with Crippen LogP contribution in [0.1, 0.15) is 70.2 Å². The fraction of sp³-hybridized carbons (Fsp3) is 0.609. The first-order valence-corrected chi connectivity index (χ1v) is 14.5. The summed E-state index contributed by atoms with van der Waals surface area (Å²) in [6.07, 6.45) is 6.02. The summed E-state index contributed by atoms with van der Waals surface area (Å²) in [5.41, 5.74) is 5.81. The van der Waals surface area contributed by atoms with Crippen molar-refractivity contribution in [2.75, 3.05) is 11.4 Å². The zero-order valence-electron chi connectivity index (χ0n) is 18.0. The molecule has 5 heteroatoms. The predicted octanol–water partition coefficient (Wildman–Crippen LogP) is 6.89. The molecule has 0 unspecified atom stereocenters. The monoisotopic (exact) mass is 414 g/mol. The second-order valence-electron chi connectivity index (χ2n) is 10.0. The molecule has 1 saturated carbocycles. The van der Waals surface area contributed by atoms with E-state index in [1.807, 2.05) is 5.51 Å². The highest BCUT2D eigenvalue weighted by molar-refractivity contribution is 7.07. The Morgan fingerprint density at radius 2 is 1.86 bits per heavy atom. The number of hydrogen-bond acceptors (Lipinski definition) is 4. The van der Waals surface area contributed by atoms with E-state index in [0.29, 0.717) is 6.04 Å². The van der Waals surface area contributed by atoms with E-state index in [0.717, 1.165) is 19.4 Å². The van der Waals surface area contributed by atoms with E-state index in [1.165, 1.54) is 36.2 Å². The van der Waals surface area contributed by atoms with Gasteiger partial charge in [0.15, 0.2) is 8.32 Å². The van der Waals surface area contributed by atoms with E-state index in [1.54, 1.807) is 11.3 Å². The van der Waals surface area contributed by atoms with Gasteiger partial charge in [-0.05, 0) is 67.9 Å². The number of thiazole rings is 1. The summed E-state index contributed by atoms with van der Waals surface area (Å²) in [4.78, 5) is 7.11. The molecule has 0 radical (unpaired) electrons. The maximum atomic E-state index is 6.97. The summed E-state index contributed by atoms with van der Waals surface area (Å²) in [5, 5.41) is 2.44. The number of rotatable bonds is 5. The smallest absolute Gasteiger partial charge is 0.193 e. The lowest BCUT2D eigenvalue weighted by Gasteiger charge is -2.50. The van der Waals surface area contributed by atoms with E-state index >= 15 is 0 Å². The summed E-state index contributed by atoms with van der Waals surface area (Å²) < 4.78 is 6.97. The van der Waals surface area contributed by atoms with Gasteiger partial charge in [-0.15, -0.1) is 11.3 Å². The SMILES string of the molecule is CC(C)(C)[Si](C)(C)OC1(c2ccc(N3CCC[C@@H]3c3cscn3)cc2)CCC1. The van der Waals surface area contributed by atoms with Crippen LogP contribution in [-0.2, 0) is 10.0 Å². The van der Waals surface area contributed by atoms with E-state index in [2.05, 4.69) is 73.4 Å². The van der Waals surface area contributed by atoms with Crippen molar-refractivity contribution in [1.29, 1.82) is 0 Å². The number of hydrogen-bond donors (Lipinski definition) is 0. The van der Waals surface area contributed by atoms with Crippen LogP contribution in [0.15, 0.2) is 35.2 Å². The third-order valence-corrected chi connectivity index (χ3v) is 12.3.